The van der Waals surface area contributed by atoms with Crippen LogP contribution in [0, 0.1) is 0 Å². The highest BCUT2D eigenvalue weighted by atomic mass is 19.4. The molecule has 5 rings (SSSR count). The summed E-state index contributed by atoms with van der Waals surface area (Å²) in [5, 5.41) is 8.24. The number of nitrogens with zero attached hydrogens (tertiary/aromatic N) is 3. The summed E-state index contributed by atoms with van der Waals surface area (Å²) >= 11 is 0. The van der Waals surface area contributed by atoms with Crippen molar-refractivity contribution in [2.75, 3.05) is 47.2 Å². The zero-order valence-corrected chi connectivity index (χ0v) is 20.2. The van der Waals surface area contributed by atoms with Gasteiger partial charge < -0.3 is 30.3 Å². The molecule has 0 bridgehead atoms. The zero-order chi connectivity index (χ0) is 26.7. The van der Waals surface area contributed by atoms with Crippen LogP contribution in [0.25, 0.3) is 0 Å². The Morgan fingerprint density at radius 3 is 2.74 bits per heavy atom. The van der Waals surface area contributed by atoms with E-state index in [1.165, 1.54) is 6.07 Å². The number of rotatable bonds is 6. The van der Waals surface area contributed by atoms with Gasteiger partial charge >= 0.3 is 6.18 Å². The van der Waals surface area contributed by atoms with E-state index in [1.54, 1.807) is 30.3 Å². The molecule has 2 aromatic carbocycles. The number of hydrogen-bond acceptors (Lipinski definition) is 8. The van der Waals surface area contributed by atoms with E-state index in [4.69, 9.17) is 9.47 Å². The van der Waals surface area contributed by atoms with E-state index in [9.17, 15) is 18.0 Å². The molecule has 0 aliphatic carbocycles. The lowest BCUT2D eigenvalue weighted by Crippen LogP contribution is -2.45. The second-order valence-electron chi connectivity index (χ2n) is 8.72. The monoisotopic (exact) mass is 526 g/mol. The normalized spacial score (nSPS) is 16.8. The van der Waals surface area contributed by atoms with Gasteiger partial charge in [0.25, 0.3) is 0 Å². The molecule has 0 saturated carbocycles. The molecule has 0 unspecified atom stereocenters. The fourth-order valence-electron chi connectivity index (χ4n) is 4.34. The van der Waals surface area contributed by atoms with Gasteiger partial charge in [-0.2, -0.15) is 18.2 Å². The molecule has 0 spiro atoms. The van der Waals surface area contributed by atoms with E-state index in [-0.39, 0.29) is 12.0 Å². The van der Waals surface area contributed by atoms with Gasteiger partial charge in [-0.25, -0.2) is 4.98 Å². The molecule has 12 heteroatoms. The number of halogens is 3. The van der Waals surface area contributed by atoms with Gasteiger partial charge in [-0.05, 0) is 36.4 Å². The van der Waals surface area contributed by atoms with Crippen molar-refractivity contribution in [1.29, 1.82) is 0 Å². The highest BCUT2D eigenvalue weighted by Gasteiger charge is 2.35. The van der Waals surface area contributed by atoms with Gasteiger partial charge in [0.1, 0.15) is 17.1 Å². The Morgan fingerprint density at radius 2 is 1.92 bits per heavy atom. The van der Waals surface area contributed by atoms with Crippen LogP contribution in [0.2, 0.25) is 0 Å². The van der Waals surface area contributed by atoms with Crippen molar-refractivity contribution in [3.05, 3.63) is 66.9 Å². The first-order valence-corrected chi connectivity index (χ1v) is 11.9. The average molecular weight is 527 g/mol. The molecule has 1 atom stereocenters. The van der Waals surface area contributed by atoms with Crippen LogP contribution in [-0.4, -0.2) is 48.3 Å². The average Bonchev–Trinajstić information content (AvgIpc) is 3.07. The molecular weight excluding hydrogens is 501 g/mol. The molecule has 3 heterocycles. The Kier molecular flexibility index (Phi) is 7.05. The molecular formula is C26H25F3N6O3. The number of morpholine rings is 1. The number of carbonyl (C=O) groups excluding carboxylic acids is 1. The Balaban J connectivity index is 1.40. The third kappa shape index (κ3) is 5.65. The van der Waals surface area contributed by atoms with Gasteiger partial charge in [-0.15, -0.1) is 0 Å². The fourth-order valence-corrected chi connectivity index (χ4v) is 4.34. The van der Waals surface area contributed by atoms with Crippen molar-refractivity contribution in [2.45, 2.75) is 18.6 Å². The van der Waals surface area contributed by atoms with Crippen molar-refractivity contribution < 1.29 is 27.4 Å². The highest BCUT2D eigenvalue weighted by Crippen LogP contribution is 2.38. The molecule has 38 heavy (non-hydrogen) atoms. The summed E-state index contributed by atoms with van der Waals surface area (Å²) in [6.45, 7) is 5.94. The van der Waals surface area contributed by atoms with E-state index in [0.717, 1.165) is 30.9 Å². The Labute approximate surface area is 216 Å². The molecule has 3 N–H and O–H groups in total. The number of alkyl halides is 3. The predicted molar refractivity (Wildman–Crippen MR) is 137 cm³/mol. The maximum atomic E-state index is 13.7. The summed E-state index contributed by atoms with van der Waals surface area (Å²) in [6, 6.07) is 12.0. The standard InChI is InChI=1S/C26H25F3N6O3/c1-2-23(36)31-16-4-3-5-17(12-16)32-24-20(26(27,28)29)14-30-25(34-24)33-18-6-7-21-22(13-18)38-10-8-19-15-37-11-9-35(19)21/h2-7,12-14,19H,1,8-11,15H2,(H,31,36)(H2,30,32,33,34)/t19-/m1/s1. The van der Waals surface area contributed by atoms with Crippen LogP contribution in [0.15, 0.2) is 61.3 Å². The van der Waals surface area contributed by atoms with Gasteiger partial charge in [-0.3, -0.25) is 4.79 Å². The Bertz CT molecular complexity index is 1350. The van der Waals surface area contributed by atoms with E-state index in [0.29, 0.717) is 42.6 Å². The molecule has 1 saturated heterocycles. The lowest BCUT2D eigenvalue weighted by atomic mass is 10.1. The van der Waals surface area contributed by atoms with Crippen molar-refractivity contribution in [3.8, 4) is 5.75 Å². The molecule has 9 nitrogen and oxygen atoms in total. The molecule has 1 aromatic heterocycles. The van der Waals surface area contributed by atoms with E-state index >= 15 is 0 Å². The first-order chi connectivity index (χ1) is 18.3. The minimum Gasteiger partial charge on any atom is -0.491 e. The maximum absolute atomic E-state index is 13.7. The van der Waals surface area contributed by atoms with Gasteiger partial charge in [0.05, 0.1) is 31.5 Å². The largest absolute Gasteiger partial charge is 0.491 e. The summed E-state index contributed by atoms with van der Waals surface area (Å²) in [6.07, 6.45) is -2.05. The highest BCUT2D eigenvalue weighted by molar-refractivity contribution is 5.99. The van der Waals surface area contributed by atoms with Crippen LogP contribution < -0.4 is 25.6 Å². The van der Waals surface area contributed by atoms with Crippen molar-refractivity contribution in [2.24, 2.45) is 0 Å². The van der Waals surface area contributed by atoms with Crippen LogP contribution in [0.5, 0.6) is 5.75 Å². The van der Waals surface area contributed by atoms with Gasteiger partial charge in [0.15, 0.2) is 0 Å². The molecule has 1 amide bonds. The quantitative estimate of drug-likeness (QED) is 0.382. The number of hydrogen-bond donors (Lipinski definition) is 3. The third-order valence-corrected chi connectivity index (χ3v) is 6.13. The second kappa shape index (κ2) is 10.6. The van der Waals surface area contributed by atoms with Crippen molar-refractivity contribution in [1.82, 2.24) is 9.97 Å². The number of fused-ring (bicyclic) bond motifs is 3. The van der Waals surface area contributed by atoms with Crippen LogP contribution in [0.3, 0.4) is 0 Å². The number of benzene rings is 2. The lowest BCUT2D eigenvalue weighted by molar-refractivity contribution is -0.137. The Morgan fingerprint density at radius 1 is 1.11 bits per heavy atom. The number of amides is 1. The van der Waals surface area contributed by atoms with E-state index in [1.807, 2.05) is 6.07 Å². The number of carbonyl (C=O) groups is 1. The van der Waals surface area contributed by atoms with Crippen molar-refractivity contribution in [3.63, 3.8) is 0 Å². The van der Waals surface area contributed by atoms with Crippen LogP contribution in [0.1, 0.15) is 12.0 Å². The molecule has 2 aliphatic rings. The molecule has 198 valence electrons. The van der Waals surface area contributed by atoms with Gasteiger partial charge in [0.2, 0.25) is 11.9 Å². The molecule has 3 aromatic rings. The number of aromatic nitrogens is 2. The second-order valence-corrected chi connectivity index (χ2v) is 8.72. The van der Waals surface area contributed by atoms with Crippen LogP contribution >= 0.6 is 0 Å². The van der Waals surface area contributed by atoms with Gasteiger partial charge in [0, 0.05) is 42.3 Å². The minimum absolute atomic E-state index is 0.0329. The van der Waals surface area contributed by atoms with Gasteiger partial charge in [-0.1, -0.05) is 12.6 Å². The molecule has 0 radical (unpaired) electrons. The summed E-state index contributed by atoms with van der Waals surface area (Å²) in [4.78, 5) is 21.8. The smallest absolute Gasteiger partial charge is 0.421 e. The number of anilines is 6. The van der Waals surface area contributed by atoms with Crippen LogP contribution in [0.4, 0.5) is 47.7 Å². The van der Waals surface area contributed by atoms with E-state index < -0.39 is 23.5 Å². The Hall–Kier alpha value is -4.32. The topological polar surface area (TPSA) is 101 Å². The number of ether oxygens (including phenoxy) is 2. The summed E-state index contributed by atoms with van der Waals surface area (Å²) < 4.78 is 52.7. The first-order valence-electron chi connectivity index (χ1n) is 11.9. The van der Waals surface area contributed by atoms with E-state index in [2.05, 4.69) is 37.4 Å². The van der Waals surface area contributed by atoms with Crippen molar-refractivity contribution >= 4 is 40.4 Å². The molecule has 2 aliphatic heterocycles. The fraction of sp³-hybridized carbons (Fsp3) is 0.269. The first kappa shape index (κ1) is 25.3. The predicted octanol–water partition coefficient (Wildman–Crippen LogP) is 5.09. The summed E-state index contributed by atoms with van der Waals surface area (Å²) in [5.74, 6) is -0.248. The zero-order valence-electron chi connectivity index (χ0n) is 20.2. The SMILES string of the molecule is C=CC(=O)Nc1cccc(Nc2nc(Nc3ccc4c(c3)OCC[C@@H]3COCCN43)ncc2C(F)(F)F)c1. The lowest BCUT2D eigenvalue weighted by Gasteiger charge is -2.35. The minimum atomic E-state index is -4.69. The summed E-state index contributed by atoms with van der Waals surface area (Å²) in [7, 11) is 0. The maximum Gasteiger partial charge on any atom is 0.421 e. The summed E-state index contributed by atoms with van der Waals surface area (Å²) in [5.41, 5.74) is 1.15. The van der Waals surface area contributed by atoms with Crippen LogP contribution in [-0.2, 0) is 15.7 Å². The number of nitrogens with one attached hydrogen (secondary N) is 3. The molecule has 1 fully saturated rings. The third-order valence-electron chi connectivity index (χ3n) is 6.13.